The topological polar surface area (TPSA) is 50.2 Å². The van der Waals surface area contributed by atoms with Crippen LogP contribution in [0.15, 0.2) is 0 Å². The number of hydrogen-bond acceptors (Lipinski definition) is 4. The molecule has 0 aliphatic rings. The van der Waals surface area contributed by atoms with Crippen LogP contribution < -0.4 is 0 Å². The number of hydrogen-bond donors (Lipinski definition) is 1. The van der Waals surface area contributed by atoms with Gasteiger partial charge in [-0.05, 0) is 6.92 Å². The lowest BCUT2D eigenvalue weighted by Gasteiger charge is -1.97. The van der Waals surface area contributed by atoms with Crippen molar-refractivity contribution in [3.8, 4) is 0 Å². The average molecular weight is 199 g/mol. The highest BCUT2D eigenvalue weighted by Crippen LogP contribution is 2.20. The molecular weight excluding hydrogens is 186 g/mol. The van der Waals surface area contributed by atoms with Crippen molar-refractivity contribution in [1.82, 2.24) is 4.98 Å². The number of thiazole rings is 1. The van der Waals surface area contributed by atoms with Gasteiger partial charge in [0.2, 0.25) is 0 Å². The van der Waals surface area contributed by atoms with E-state index in [1.807, 2.05) is 13.8 Å². The van der Waals surface area contributed by atoms with Crippen LogP contribution in [0.1, 0.15) is 34.2 Å². The number of aliphatic hydroxyl groups is 1. The van der Waals surface area contributed by atoms with Crippen LogP contribution >= 0.6 is 11.3 Å². The highest BCUT2D eigenvalue weighted by molar-refractivity contribution is 7.13. The van der Waals surface area contributed by atoms with Crippen LogP contribution in [0.25, 0.3) is 0 Å². The number of aromatic nitrogens is 1. The van der Waals surface area contributed by atoms with Crippen LogP contribution in [0, 0.1) is 12.8 Å². The Morgan fingerprint density at radius 3 is 2.62 bits per heavy atom. The smallest absolute Gasteiger partial charge is 0.193 e. The number of aliphatic hydroxyl groups excluding tert-OH is 1. The van der Waals surface area contributed by atoms with Gasteiger partial charge in [-0.2, -0.15) is 0 Å². The summed E-state index contributed by atoms with van der Waals surface area (Å²) in [5.74, 6) is 0.0184. The second kappa shape index (κ2) is 3.98. The molecule has 0 aliphatic heterocycles. The fraction of sp³-hybridized carbons (Fsp3) is 0.556. The van der Waals surface area contributed by atoms with Crippen LogP contribution in [0.2, 0.25) is 0 Å². The fourth-order valence-corrected chi connectivity index (χ4v) is 1.94. The van der Waals surface area contributed by atoms with Crippen LogP contribution in [0.4, 0.5) is 0 Å². The summed E-state index contributed by atoms with van der Waals surface area (Å²) >= 11 is 1.29. The minimum Gasteiger partial charge on any atom is -0.391 e. The van der Waals surface area contributed by atoms with E-state index in [4.69, 9.17) is 5.11 Å². The third-order valence-electron chi connectivity index (χ3n) is 1.77. The highest BCUT2D eigenvalue weighted by atomic mass is 32.1. The van der Waals surface area contributed by atoms with Crippen molar-refractivity contribution in [2.45, 2.75) is 27.4 Å². The van der Waals surface area contributed by atoms with Gasteiger partial charge < -0.3 is 5.11 Å². The van der Waals surface area contributed by atoms with E-state index in [2.05, 4.69) is 4.98 Å². The molecular formula is C9H13NO2S. The average Bonchev–Trinajstić information content (AvgIpc) is 2.45. The molecule has 0 spiro atoms. The van der Waals surface area contributed by atoms with Gasteiger partial charge in [0.05, 0.1) is 17.2 Å². The lowest BCUT2D eigenvalue weighted by molar-refractivity contribution is 0.0939. The maximum atomic E-state index is 11.5. The second-order valence-electron chi connectivity index (χ2n) is 3.20. The van der Waals surface area contributed by atoms with Gasteiger partial charge in [0, 0.05) is 5.92 Å². The molecule has 0 bridgehead atoms. The summed E-state index contributed by atoms with van der Waals surface area (Å²) in [6, 6.07) is 0. The van der Waals surface area contributed by atoms with Gasteiger partial charge in [0.1, 0.15) is 0 Å². The zero-order chi connectivity index (χ0) is 10.0. The van der Waals surface area contributed by atoms with Crippen molar-refractivity contribution < 1.29 is 9.90 Å². The van der Waals surface area contributed by atoms with Gasteiger partial charge >= 0.3 is 0 Å². The molecule has 0 saturated carbocycles. The van der Waals surface area contributed by atoms with Crippen LogP contribution in [-0.2, 0) is 6.61 Å². The van der Waals surface area contributed by atoms with E-state index in [0.29, 0.717) is 5.01 Å². The maximum Gasteiger partial charge on any atom is 0.193 e. The van der Waals surface area contributed by atoms with Gasteiger partial charge in [0.15, 0.2) is 10.8 Å². The number of carbonyl (C=O) groups is 1. The van der Waals surface area contributed by atoms with E-state index in [1.54, 1.807) is 6.92 Å². The van der Waals surface area contributed by atoms with E-state index < -0.39 is 0 Å². The van der Waals surface area contributed by atoms with E-state index in [1.165, 1.54) is 11.3 Å². The standard InChI is InChI=1S/C9H13NO2S/c1-5(2)8(12)9-10-6(3)7(4-11)13-9/h5,11H,4H2,1-3H3. The summed E-state index contributed by atoms with van der Waals surface area (Å²) in [5, 5.41) is 9.42. The number of Topliss-reactive ketones (excluding diaryl/α,β-unsaturated/α-hetero) is 1. The molecule has 0 aliphatic carbocycles. The van der Waals surface area contributed by atoms with Crippen molar-refractivity contribution in [2.24, 2.45) is 5.92 Å². The van der Waals surface area contributed by atoms with E-state index >= 15 is 0 Å². The lowest BCUT2D eigenvalue weighted by atomic mass is 10.1. The number of rotatable bonds is 3. The Morgan fingerprint density at radius 2 is 2.23 bits per heavy atom. The summed E-state index contributed by atoms with van der Waals surface area (Å²) in [6.45, 7) is 5.46. The predicted molar refractivity (Wildman–Crippen MR) is 51.9 cm³/mol. The third kappa shape index (κ3) is 2.14. The van der Waals surface area contributed by atoms with Gasteiger partial charge in [-0.1, -0.05) is 13.8 Å². The molecule has 1 aromatic rings. The predicted octanol–water partition coefficient (Wildman–Crippen LogP) is 1.78. The molecule has 0 atom stereocenters. The van der Waals surface area contributed by atoms with E-state index in [0.717, 1.165) is 10.6 Å². The molecule has 0 unspecified atom stereocenters. The summed E-state index contributed by atoms with van der Waals surface area (Å²) in [6.07, 6.45) is 0. The van der Waals surface area contributed by atoms with Crippen LogP contribution in [-0.4, -0.2) is 15.9 Å². The number of carbonyl (C=O) groups excluding carboxylic acids is 1. The molecule has 0 fully saturated rings. The fourth-order valence-electron chi connectivity index (χ4n) is 0.927. The summed E-state index contributed by atoms with van der Waals surface area (Å²) in [5.41, 5.74) is 0.761. The normalized spacial score (nSPS) is 10.8. The Hall–Kier alpha value is -0.740. The monoisotopic (exact) mass is 199 g/mol. The maximum absolute atomic E-state index is 11.5. The molecule has 0 aromatic carbocycles. The Balaban J connectivity index is 2.97. The van der Waals surface area contributed by atoms with Gasteiger partial charge in [-0.3, -0.25) is 4.79 Å². The molecule has 1 rings (SSSR count). The first-order valence-electron chi connectivity index (χ1n) is 4.17. The second-order valence-corrected chi connectivity index (χ2v) is 4.29. The summed E-state index contributed by atoms with van der Waals surface area (Å²) in [7, 11) is 0. The summed E-state index contributed by atoms with van der Waals surface area (Å²) < 4.78 is 0. The van der Waals surface area contributed by atoms with Crippen molar-refractivity contribution in [3.63, 3.8) is 0 Å². The highest BCUT2D eigenvalue weighted by Gasteiger charge is 2.16. The molecule has 0 radical (unpaired) electrons. The molecule has 0 amide bonds. The lowest BCUT2D eigenvalue weighted by Crippen LogP contribution is -2.06. The Labute approximate surface area is 81.4 Å². The zero-order valence-corrected chi connectivity index (χ0v) is 8.81. The molecule has 0 saturated heterocycles. The van der Waals surface area contributed by atoms with Gasteiger partial charge in [-0.25, -0.2) is 4.98 Å². The first-order chi connectivity index (χ1) is 6.06. The molecule has 1 N–H and O–H groups in total. The van der Waals surface area contributed by atoms with Gasteiger partial charge in [0.25, 0.3) is 0 Å². The van der Waals surface area contributed by atoms with Crippen LogP contribution in [0.3, 0.4) is 0 Å². The number of ketones is 1. The van der Waals surface area contributed by atoms with Gasteiger partial charge in [-0.15, -0.1) is 11.3 Å². The van der Waals surface area contributed by atoms with E-state index in [-0.39, 0.29) is 18.3 Å². The van der Waals surface area contributed by atoms with E-state index in [9.17, 15) is 4.79 Å². The van der Waals surface area contributed by atoms with Crippen LogP contribution in [0.5, 0.6) is 0 Å². The van der Waals surface area contributed by atoms with Crippen molar-refractivity contribution in [2.75, 3.05) is 0 Å². The molecule has 72 valence electrons. The first-order valence-corrected chi connectivity index (χ1v) is 4.99. The Bertz CT molecular complexity index is 317. The zero-order valence-electron chi connectivity index (χ0n) is 8.00. The van der Waals surface area contributed by atoms with Crippen molar-refractivity contribution >= 4 is 17.1 Å². The largest absolute Gasteiger partial charge is 0.391 e. The Morgan fingerprint density at radius 1 is 1.62 bits per heavy atom. The number of nitrogens with zero attached hydrogens (tertiary/aromatic N) is 1. The number of aryl methyl sites for hydroxylation is 1. The molecule has 3 nitrogen and oxygen atoms in total. The van der Waals surface area contributed by atoms with Crippen molar-refractivity contribution in [1.29, 1.82) is 0 Å². The van der Waals surface area contributed by atoms with Crippen molar-refractivity contribution in [3.05, 3.63) is 15.6 Å². The SMILES string of the molecule is Cc1nc(C(=O)C(C)C)sc1CO. The molecule has 13 heavy (non-hydrogen) atoms. The Kier molecular flexibility index (Phi) is 3.17. The molecule has 1 heterocycles. The molecule has 4 heteroatoms. The quantitative estimate of drug-likeness (QED) is 0.755. The molecule has 1 aromatic heterocycles. The minimum absolute atomic E-state index is 0.0305. The first kappa shape index (κ1) is 10.3. The summed E-state index contributed by atoms with van der Waals surface area (Å²) in [4.78, 5) is 16.4. The minimum atomic E-state index is -0.0329. The third-order valence-corrected chi connectivity index (χ3v) is 2.93.